The lowest BCUT2D eigenvalue weighted by molar-refractivity contribution is -0.383. The van der Waals surface area contributed by atoms with Crippen molar-refractivity contribution < 1.29 is 9.72 Å². The zero-order valence-electron chi connectivity index (χ0n) is 14.3. The van der Waals surface area contributed by atoms with E-state index < -0.39 is 21.8 Å². The summed E-state index contributed by atoms with van der Waals surface area (Å²) < 4.78 is 0. The number of pyridine rings is 1. The zero-order valence-corrected chi connectivity index (χ0v) is 16.6. The van der Waals surface area contributed by atoms with Crippen molar-refractivity contribution in [2.45, 2.75) is 13.3 Å². The van der Waals surface area contributed by atoms with Gasteiger partial charge in [0.1, 0.15) is 16.8 Å². The summed E-state index contributed by atoms with van der Waals surface area (Å²) in [7, 11) is 0. The summed E-state index contributed by atoms with van der Waals surface area (Å²) in [4.78, 5) is 39.0. The Balaban J connectivity index is 2.36. The Bertz CT molecular complexity index is 1190. The fraction of sp³-hybridized carbons (Fsp3) is 0.111. The van der Waals surface area contributed by atoms with E-state index in [1.165, 1.54) is 12.1 Å². The number of nitrogens with zero attached hydrogens (tertiary/aromatic N) is 1. The molecule has 28 heavy (non-hydrogen) atoms. The molecule has 0 bridgehead atoms. The maximum absolute atomic E-state index is 13.1. The Morgan fingerprint density at radius 2 is 1.89 bits per heavy atom. The molecule has 1 heterocycles. The minimum Gasteiger partial charge on any atom is -0.340 e. The molecule has 7 nitrogen and oxygen atoms in total. The van der Waals surface area contributed by atoms with Crippen molar-refractivity contribution in [2.24, 2.45) is 0 Å². The highest BCUT2D eigenvalue weighted by Gasteiger charge is 2.25. The molecule has 3 aromatic rings. The van der Waals surface area contributed by atoms with E-state index in [-0.39, 0.29) is 38.8 Å². The normalized spacial score (nSPS) is 10.9. The standard InChI is InChI=1S/C18H12Cl3N3O4/c1-2-13(25)15-17(26)14-12(24(27)28)6-4-9(20)16(14)23-18(15)22-11-5-3-8(19)7-10(11)21/h3-7H,2H2,1H3,(H2,22,23,26). The Kier molecular flexibility index (Phi) is 5.60. The molecule has 0 saturated carbocycles. The number of carbonyl (C=O) groups is 1. The molecule has 0 amide bonds. The van der Waals surface area contributed by atoms with Crippen LogP contribution in [0, 0.1) is 10.1 Å². The fourth-order valence-corrected chi connectivity index (χ4v) is 3.42. The molecular weight excluding hydrogens is 429 g/mol. The Morgan fingerprint density at radius 1 is 1.18 bits per heavy atom. The largest absolute Gasteiger partial charge is 0.340 e. The van der Waals surface area contributed by atoms with Crippen molar-refractivity contribution in [3.05, 3.63) is 71.3 Å². The number of anilines is 2. The number of non-ortho nitro benzene ring substituents is 1. The molecule has 1 aromatic heterocycles. The second-order valence-electron chi connectivity index (χ2n) is 5.80. The average molecular weight is 441 g/mol. The van der Waals surface area contributed by atoms with Gasteiger partial charge in [0.05, 0.1) is 26.2 Å². The van der Waals surface area contributed by atoms with Crippen LogP contribution in [0.25, 0.3) is 10.9 Å². The van der Waals surface area contributed by atoms with E-state index in [0.29, 0.717) is 10.7 Å². The highest BCUT2D eigenvalue weighted by atomic mass is 35.5. The van der Waals surface area contributed by atoms with Crippen molar-refractivity contribution in [3.63, 3.8) is 0 Å². The average Bonchev–Trinajstić information content (AvgIpc) is 2.64. The third-order valence-corrected chi connectivity index (χ3v) is 4.94. The first-order valence-corrected chi connectivity index (χ1v) is 9.16. The molecule has 0 spiro atoms. The second kappa shape index (κ2) is 7.79. The summed E-state index contributed by atoms with van der Waals surface area (Å²) in [5.74, 6) is -0.457. The summed E-state index contributed by atoms with van der Waals surface area (Å²) in [6.07, 6.45) is 0.0198. The van der Waals surface area contributed by atoms with E-state index in [9.17, 15) is 19.7 Å². The zero-order chi connectivity index (χ0) is 20.6. The SMILES string of the molecule is CCC(=O)c1c(Nc2ccc(Cl)cc2Cl)[nH]c2c(Cl)ccc([N+](=O)[O-])c2c1=O. The van der Waals surface area contributed by atoms with Gasteiger partial charge in [-0.3, -0.25) is 19.7 Å². The van der Waals surface area contributed by atoms with Crippen LogP contribution in [-0.4, -0.2) is 15.7 Å². The lowest BCUT2D eigenvalue weighted by Gasteiger charge is -2.14. The summed E-state index contributed by atoms with van der Waals surface area (Å²) in [5, 5.41) is 14.8. The van der Waals surface area contributed by atoms with E-state index in [0.717, 1.165) is 6.07 Å². The monoisotopic (exact) mass is 439 g/mol. The number of Topliss-reactive ketones (excluding diaryl/α,β-unsaturated/α-hetero) is 1. The van der Waals surface area contributed by atoms with Crippen molar-refractivity contribution in [1.82, 2.24) is 4.98 Å². The van der Waals surface area contributed by atoms with Crippen molar-refractivity contribution in [1.29, 1.82) is 0 Å². The second-order valence-corrected chi connectivity index (χ2v) is 7.05. The molecule has 0 saturated heterocycles. The number of hydrogen-bond donors (Lipinski definition) is 2. The lowest BCUT2D eigenvalue weighted by Crippen LogP contribution is -2.20. The van der Waals surface area contributed by atoms with Crippen molar-refractivity contribution in [3.8, 4) is 0 Å². The number of benzene rings is 2. The number of nitro benzene ring substituents is 1. The number of nitro groups is 1. The number of aromatic nitrogens is 1. The van der Waals surface area contributed by atoms with Crippen LogP contribution >= 0.6 is 34.8 Å². The molecule has 2 N–H and O–H groups in total. The number of fused-ring (bicyclic) bond motifs is 1. The number of H-pyrrole nitrogens is 1. The minimum absolute atomic E-state index is 0.0198. The third kappa shape index (κ3) is 3.56. The smallest absolute Gasteiger partial charge is 0.282 e. The van der Waals surface area contributed by atoms with E-state index in [4.69, 9.17) is 34.8 Å². The highest BCUT2D eigenvalue weighted by Crippen LogP contribution is 2.33. The fourth-order valence-electron chi connectivity index (χ4n) is 2.76. The van der Waals surface area contributed by atoms with Gasteiger partial charge in [0, 0.05) is 17.5 Å². The Morgan fingerprint density at radius 3 is 2.50 bits per heavy atom. The summed E-state index contributed by atoms with van der Waals surface area (Å²) in [5.41, 5.74) is -1.05. The van der Waals surface area contributed by atoms with Gasteiger partial charge in [-0.2, -0.15) is 0 Å². The van der Waals surface area contributed by atoms with Gasteiger partial charge in [-0.25, -0.2) is 0 Å². The Labute approximate surface area is 173 Å². The number of rotatable bonds is 5. The van der Waals surface area contributed by atoms with Crippen molar-refractivity contribution in [2.75, 3.05) is 5.32 Å². The molecule has 0 aliphatic heterocycles. The maximum atomic E-state index is 13.1. The molecule has 144 valence electrons. The van der Waals surface area contributed by atoms with Crippen LogP contribution in [0.2, 0.25) is 15.1 Å². The summed E-state index contributed by atoms with van der Waals surface area (Å²) in [6.45, 7) is 1.58. The quantitative estimate of drug-likeness (QED) is 0.299. The van der Waals surface area contributed by atoms with Crippen LogP contribution in [0.5, 0.6) is 0 Å². The number of aromatic amines is 1. The van der Waals surface area contributed by atoms with Gasteiger partial charge in [0.25, 0.3) is 5.69 Å². The number of halogens is 3. The van der Waals surface area contributed by atoms with E-state index in [1.807, 2.05) is 0 Å². The highest BCUT2D eigenvalue weighted by molar-refractivity contribution is 6.37. The van der Waals surface area contributed by atoms with Gasteiger partial charge in [-0.05, 0) is 24.3 Å². The Hall–Kier alpha value is -2.61. The summed E-state index contributed by atoms with van der Waals surface area (Å²) >= 11 is 18.2. The molecular formula is C18H12Cl3N3O4. The van der Waals surface area contributed by atoms with E-state index >= 15 is 0 Å². The van der Waals surface area contributed by atoms with Crippen LogP contribution < -0.4 is 10.7 Å². The van der Waals surface area contributed by atoms with Gasteiger partial charge in [-0.15, -0.1) is 0 Å². The van der Waals surface area contributed by atoms with Crippen LogP contribution in [0.15, 0.2) is 35.1 Å². The molecule has 0 unspecified atom stereocenters. The first kappa shape index (κ1) is 20.1. The van der Waals surface area contributed by atoms with Crippen molar-refractivity contribution >= 4 is 68.7 Å². The number of ketones is 1. The van der Waals surface area contributed by atoms with Crippen LogP contribution in [0.3, 0.4) is 0 Å². The number of carbonyl (C=O) groups excluding carboxylic acids is 1. The first-order valence-electron chi connectivity index (χ1n) is 8.02. The molecule has 3 rings (SSSR count). The van der Waals surface area contributed by atoms with Gasteiger partial charge in [0.2, 0.25) is 5.43 Å². The maximum Gasteiger partial charge on any atom is 0.282 e. The predicted octanol–water partition coefficient (Wildman–Crippen LogP) is 5.73. The lowest BCUT2D eigenvalue weighted by atomic mass is 10.0. The molecule has 2 aromatic carbocycles. The molecule has 0 aliphatic rings. The van der Waals surface area contributed by atoms with Gasteiger partial charge in [-0.1, -0.05) is 41.7 Å². The molecule has 0 radical (unpaired) electrons. The molecule has 0 aliphatic carbocycles. The van der Waals surface area contributed by atoms with E-state index in [1.54, 1.807) is 19.1 Å². The number of hydrogen-bond acceptors (Lipinski definition) is 5. The first-order chi connectivity index (χ1) is 13.2. The summed E-state index contributed by atoms with van der Waals surface area (Å²) in [6, 6.07) is 7.07. The van der Waals surface area contributed by atoms with Crippen LogP contribution in [0.4, 0.5) is 17.2 Å². The third-order valence-electron chi connectivity index (χ3n) is 4.07. The van der Waals surface area contributed by atoms with Gasteiger partial charge >= 0.3 is 0 Å². The van der Waals surface area contributed by atoms with Gasteiger partial charge in [0.15, 0.2) is 5.78 Å². The molecule has 10 heteroatoms. The van der Waals surface area contributed by atoms with E-state index in [2.05, 4.69) is 10.3 Å². The topological polar surface area (TPSA) is 105 Å². The van der Waals surface area contributed by atoms with Crippen LogP contribution in [-0.2, 0) is 0 Å². The van der Waals surface area contributed by atoms with Crippen LogP contribution in [0.1, 0.15) is 23.7 Å². The molecule has 0 fully saturated rings. The van der Waals surface area contributed by atoms with Gasteiger partial charge < -0.3 is 10.3 Å². The molecule has 0 atom stereocenters. The predicted molar refractivity (Wildman–Crippen MR) is 111 cm³/mol. The number of nitrogens with one attached hydrogen (secondary N) is 2. The minimum atomic E-state index is -0.789.